The highest BCUT2D eigenvalue weighted by Gasteiger charge is 2.24. The van der Waals surface area contributed by atoms with Crippen LogP contribution in [0.1, 0.15) is 38.5 Å². The van der Waals surface area contributed by atoms with Gasteiger partial charge in [-0.2, -0.15) is 0 Å². The van der Waals surface area contributed by atoms with Gasteiger partial charge in [-0.05, 0) is 31.2 Å². The van der Waals surface area contributed by atoms with Crippen molar-refractivity contribution in [1.29, 1.82) is 0 Å². The lowest BCUT2D eigenvalue weighted by molar-refractivity contribution is -0.117. The maximum Gasteiger partial charge on any atom is 0.244 e. The summed E-state index contributed by atoms with van der Waals surface area (Å²) in [6, 6.07) is 3.76. The van der Waals surface area contributed by atoms with Crippen molar-refractivity contribution in [2.24, 2.45) is 0 Å². The molecule has 100 valence electrons. The highest BCUT2D eigenvalue weighted by molar-refractivity contribution is 7.10. The Hall–Kier alpha value is -1.13. The van der Waals surface area contributed by atoms with Gasteiger partial charge in [-0.3, -0.25) is 4.79 Å². The van der Waals surface area contributed by atoms with Gasteiger partial charge in [-0.15, -0.1) is 11.3 Å². The molecule has 0 bridgehead atoms. The second-order valence-electron chi connectivity index (χ2n) is 4.48. The van der Waals surface area contributed by atoms with E-state index in [0.29, 0.717) is 0 Å². The van der Waals surface area contributed by atoms with E-state index in [1.807, 2.05) is 31.4 Å². The molecule has 0 aliphatic rings. The minimum absolute atomic E-state index is 0.134. The van der Waals surface area contributed by atoms with Crippen molar-refractivity contribution < 1.29 is 9.90 Å². The second-order valence-corrected chi connectivity index (χ2v) is 5.43. The monoisotopic (exact) mass is 267 g/mol. The van der Waals surface area contributed by atoms with Crippen LogP contribution in [0.15, 0.2) is 29.2 Å². The first-order valence-corrected chi connectivity index (χ1v) is 7.11. The zero-order valence-corrected chi connectivity index (χ0v) is 12.0. The quantitative estimate of drug-likeness (QED) is 0.779. The third kappa shape index (κ3) is 4.27. The molecule has 0 aromatic carbocycles. The van der Waals surface area contributed by atoms with Crippen LogP contribution in [-0.4, -0.2) is 17.6 Å². The maximum atomic E-state index is 11.7. The number of carbonyl (C=O) groups is 1. The number of aliphatic hydroxyl groups is 1. The maximum absolute atomic E-state index is 11.7. The van der Waals surface area contributed by atoms with Crippen molar-refractivity contribution in [2.75, 3.05) is 6.54 Å². The van der Waals surface area contributed by atoms with Crippen LogP contribution in [-0.2, 0) is 10.4 Å². The van der Waals surface area contributed by atoms with E-state index < -0.39 is 5.60 Å². The molecule has 1 unspecified atom stereocenters. The molecule has 2 N–H and O–H groups in total. The second kappa shape index (κ2) is 6.71. The molecule has 0 aliphatic heterocycles. The Morgan fingerprint density at radius 3 is 2.67 bits per heavy atom. The summed E-state index contributed by atoms with van der Waals surface area (Å²) in [5.74, 6) is -0.134. The van der Waals surface area contributed by atoms with E-state index in [9.17, 15) is 9.90 Å². The molecule has 0 fully saturated rings. The molecular formula is C14H21NO2S. The van der Waals surface area contributed by atoms with Gasteiger partial charge in [0.05, 0.1) is 6.54 Å². The summed E-state index contributed by atoms with van der Waals surface area (Å²) < 4.78 is 0. The summed E-state index contributed by atoms with van der Waals surface area (Å²) in [4.78, 5) is 12.6. The van der Waals surface area contributed by atoms with E-state index in [1.165, 1.54) is 11.3 Å². The van der Waals surface area contributed by atoms with Crippen LogP contribution in [0.5, 0.6) is 0 Å². The fourth-order valence-corrected chi connectivity index (χ4v) is 2.41. The molecule has 0 aliphatic carbocycles. The molecule has 1 aromatic rings. The van der Waals surface area contributed by atoms with Gasteiger partial charge < -0.3 is 10.4 Å². The summed E-state index contributed by atoms with van der Waals surface area (Å²) >= 11 is 1.49. The van der Waals surface area contributed by atoms with Crippen LogP contribution in [0.2, 0.25) is 0 Å². The number of rotatable bonds is 6. The van der Waals surface area contributed by atoms with Gasteiger partial charge in [0.1, 0.15) is 5.60 Å². The highest BCUT2D eigenvalue weighted by Crippen LogP contribution is 2.24. The summed E-state index contributed by atoms with van der Waals surface area (Å²) in [6.07, 6.45) is 3.39. The Morgan fingerprint density at radius 1 is 1.50 bits per heavy atom. The lowest BCUT2D eigenvalue weighted by Crippen LogP contribution is -2.37. The largest absolute Gasteiger partial charge is 0.383 e. The molecule has 1 amide bonds. The lowest BCUT2D eigenvalue weighted by atomic mass is 10.1. The van der Waals surface area contributed by atoms with E-state index in [0.717, 1.165) is 23.3 Å². The third-order valence-corrected chi connectivity index (χ3v) is 4.03. The Labute approximate surface area is 113 Å². The first-order chi connectivity index (χ1) is 8.49. The lowest BCUT2D eigenvalue weighted by Gasteiger charge is -2.21. The average molecular weight is 267 g/mol. The SMILES string of the molecule is CCC(=CC(=O)NCC(C)(O)c1cccs1)CC. The molecule has 18 heavy (non-hydrogen) atoms. The summed E-state index contributed by atoms with van der Waals surface area (Å²) in [5, 5.41) is 14.9. The summed E-state index contributed by atoms with van der Waals surface area (Å²) in [7, 11) is 0. The fraction of sp³-hybridized carbons (Fsp3) is 0.500. The van der Waals surface area contributed by atoms with E-state index in [2.05, 4.69) is 5.32 Å². The number of allylic oxidation sites excluding steroid dienone is 1. The van der Waals surface area contributed by atoms with Gasteiger partial charge in [-0.1, -0.05) is 25.5 Å². The van der Waals surface area contributed by atoms with Gasteiger partial charge in [0.15, 0.2) is 0 Å². The molecule has 4 heteroatoms. The Bertz CT molecular complexity index is 401. The molecule has 0 spiro atoms. The molecular weight excluding hydrogens is 246 g/mol. The number of hydrogen-bond donors (Lipinski definition) is 2. The standard InChI is InChI=1S/C14H21NO2S/c1-4-11(5-2)9-13(16)15-10-14(3,17)12-7-6-8-18-12/h6-9,17H,4-5,10H2,1-3H3,(H,15,16). The van der Waals surface area contributed by atoms with Crippen molar-refractivity contribution in [2.45, 2.75) is 39.2 Å². The minimum atomic E-state index is -1.00. The Kier molecular flexibility index (Phi) is 5.56. The van der Waals surface area contributed by atoms with E-state index in [-0.39, 0.29) is 12.5 Å². The van der Waals surface area contributed by atoms with Crippen LogP contribution < -0.4 is 5.32 Å². The van der Waals surface area contributed by atoms with Crippen molar-refractivity contribution in [1.82, 2.24) is 5.32 Å². The summed E-state index contributed by atoms with van der Waals surface area (Å²) in [6.45, 7) is 6.00. The Balaban J connectivity index is 2.55. The van der Waals surface area contributed by atoms with Crippen molar-refractivity contribution in [3.8, 4) is 0 Å². The van der Waals surface area contributed by atoms with Crippen LogP contribution in [0, 0.1) is 0 Å². The van der Waals surface area contributed by atoms with Crippen molar-refractivity contribution in [3.05, 3.63) is 34.0 Å². The molecule has 1 atom stereocenters. The zero-order valence-electron chi connectivity index (χ0n) is 11.2. The number of hydrogen-bond acceptors (Lipinski definition) is 3. The molecule has 1 heterocycles. The van der Waals surface area contributed by atoms with Crippen LogP contribution in [0.4, 0.5) is 0 Å². The van der Waals surface area contributed by atoms with Gasteiger partial charge in [-0.25, -0.2) is 0 Å². The van der Waals surface area contributed by atoms with Crippen molar-refractivity contribution >= 4 is 17.2 Å². The van der Waals surface area contributed by atoms with E-state index in [1.54, 1.807) is 13.0 Å². The van der Waals surface area contributed by atoms with Crippen LogP contribution >= 0.6 is 11.3 Å². The van der Waals surface area contributed by atoms with Gasteiger partial charge >= 0.3 is 0 Å². The number of amides is 1. The molecule has 3 nitrogen and oxygen atoms in total. The Morgan fingerprint density at radius 2 is 2.17 bits per heavy atom. The normalized spacial score (nSPS) is 13.8. The van der Waals surface area contributed by atoms with Crippen LogP contribution in [0.3, 0.4) is 0 Å². The van der Waals surface area contributed by atoms with E-state index >= 15 is 0 Å². The molecule has 1 rings (SSSR count). The minimum Gasteiger partial charge on any atom is -0.383 e. The molecule has 0 saturated heterocycles. The molecule has 0 radical (unpaired) electrons. The van der Waals surface area contributed by atoms with Crippen molar-refractivity contribution in [3.63, 3.8) is 0 Å². The first-order valence-electron chi connectivity index (χ1n) is 6.23. The predicted octanol–water partition coefficient (Wildman–Crippen LogP) is 2.82. The predicted molar refractivity (Wildman–Crippen MR) is 75.6 cm³/mol. The van der Waals surface area contributed by atoms with Gasteiger partial charge in [0.25, 0.3) is 0 Å². The van der Waals surface area contributed by atoms with Gasteiger partial charge in [0, 0.05) is 11.0 Å². The smallest absolute Gasteiger partial charge is 0.244 e. The number of thiophene rings is 1. The third-order valence-electron chi connectivity index (χ3n) is 2.90. The van der Waals surface area contributed by atoms with Gasteiger partial charge in [0.2, 0.25) is 5.91 Å². The topological polar surface area (TPSA) is 49.3 Å². The molecule has 1 aromatic heterocycles. The first kappa shape index (κ1) is 14.9. The fourth-order valence-electron chi connectivity index (χ4n) is 1.62. The van der Waals surface area contributed by atoms with E-state index in [4.69, 9.17) is 0 Å². The van der Waals surface area contributed by atoms with Crippen LogP contribution in [0.25, 0.3) is 0 Å². The number of nitrogens with one attached hydrogen (secondary N) is 1. The highest BCUT2D eigenvalue weighted by atomic mass is 32.1. The zero-order chi connectivity index (χ0) is 13.6. The number of carbonyl (C=O) groups excluding carboxylic acids is 1. The average Bonchev–Trinajstić information content (AvgIpc) is 2.88. The summed E-state index contributed by atoms with van der Waals surface area (Å²) in [5.41, 5.74) is 0.110. The molecule has 0 saturated carbocycles.